The van der Waals surface area contributed by atoms with Crippen molar-refractivity contribution in [1.82, 2.24) is 20.4 Å². The van der Waals surface area contributed by atoms with Gasteiger partial charge in [0.1, 0.15) is 5.75 Å². The molecule has 7 heteroatoms. The predicted molar refractivity (Wildman–Crippen MR) is 131 cm³/mol. The molecule has 0 aliphatic carbocycles. The Balaban J connectivity index is 1.54. The lowest BCUT2D eigenvalue weighted by atomic mass is 10.0. The van der Waals surface area contributed by atoms with Crippen LogP contribution in [0.25, 0.3) is 0 Å². The molecule has 1 aliphatic heterocycles. The quantitative estimate of drug-likeness (QED) is 0.629. The van der Waals surface area contributed by atoms with Gasteiger partial charge in [0.15, 0.2) is 0 Å². The first kappa shape index (κ1) is 23.9. The van der Waals surface area contributed by atoms with Gasteiger partial charge >= 0.3 is 6.03 Å². The van der Waals surface area contributed by atoms with Crippen LogP contribution in [-0.2, 0) is 6.42 Å². The van der Waals surface area contributed by atoms with Crippen molar-refractivity contribution < 1.29 is 9.53 Å². The van der Waals surface area contributed by atoms with Crippen LogP contribution in [0.3, 0.4) is 0 Å². The summed E-state index contributed by atoms with van der Waals surface area (Å²) < 4.78 is 5.19. The van der Waals surface area contributed by atoms with Crippen LogP contribution in [0.1, 0.15) is 17.2 Å². The molecule has 2 aromatic rings. The molecule has 0 bridgehead atoms. The van der Waals surface area contributed by atoms with Crippen LogP contribution in [0.4, 0.5) is 10.5 Å². The molecule has 1 aliphatic rings. The molecule has 3 rings (SSSR count). The molecular formula is C25H37N5O2. The minimum Gasteiger partial charge on any atom is -0.497 e. The molecule has 174 valence electrons. The highest BCUT2D eigenvalue weighted by Crippen LogP contribution is 2.24. The molecule has 1 fully saturated rings. The van der Waals surface area contributed by atoms with Crippen molar-refractivity contribution >= 4 is 11.7 Å². The Morgan fingerprint density at radius 3 is 2.25 bits per heavy atom. The van der Waals surface area contributed by atoms with Crippen LogP contribution in [0.15, 0.2) is 48.5 Å². The summed E-state index contributed by atoms with van der Waals surface area (Å²) in [6.07, 6.45) is 0.783. The summed E-state index contributed by atoms with van der Waals surface area (Å²) in [5, 5.41) is 6.08. The minimum absolute atomic E-state index is 0.123. The number of amides is 2. The Hall–Kier alpha value is -2.77. The van der Waals surface area contributed by atoms with E-state index in [4.69, 9.17) is 4.74 Å². The highest BCUT2D eigenvalue weighted by molar-refractivity contribution is 5.73. The van der Waals surface area contributed by atoms with Crippen LogP contribution >= 0.6 is 0 Å². The van der Waals surface area contributed by atoms with E-state index in [1.165, 1.54) is 16.8 Å². The number of nitrogens with zero attached hydrogens (tertiary/aromatic N) is 3. The second-order valence-electron chi connectivity index (χ2n) is 8.58. The fourth-order valence-electron chi connectivity index (χ4n) is 3.95. The average Bonchev–Trinajstić information content (AvgIpc) is 2.81. The number of methoxy groups -OCH3 is 1. The van der Waals surface area contributed by atoms with Gasteiger partial charge in [0, 0.05) is 59.1 Å². The predicted octanol–water partition coefficient (Wildman–Crippen LogP) is 2.59. The van der Waals surface area contributed by atoms with E-state index in [1.54, 1.807) is 7.11 Å². The van der Waals surface area contributed by atoms with E-state index in [9.17, 15) is 4.79 Å². The lowest BCUT2D eigenvalue weighted by Gasteiger charge is -2.38. The maximum Gasteiger partial charge on any atom is 0.314 e. The average molecular weight is 440 g/mol. The van der Waals surface area contributed by atoms with Crippen molar-refractivity contribution in [2.75, 3.05) is 72.4 Å². The summed E-state index contributed by atoms with van der Waals surface area (Å²) in [6.45, 7) is 5.25. The number of likely N-dealkylation sites (N-methyl/N-ethyl adjacent to an activating group) is 1. The lowest BCUT2D eigenvalue weighted by molar-refractivity contribution is 0.111. The summed E-state index contributed by atoms with van der Waals surface area (Å²) >= 11 is 0. The summed E-state index contributed by atoms with van der Waals surface area (Å²) in [5.41, 5.74) is 3.58. The molecule has 2 amide bonds. The van der Waals surface area contributed by atoms with E-state index in [1.807, 2.05) is 38.4 Å². The third-order valence-corrected chi connectivity index (χ3v) is 6.09. The van der Waals surface area contributed by atoms with E-state index in [-0.39, 0.29) is 12.1 Å². The van der Waals surface area contributed by atoms with Crippen molar-refractivity contribution in [3.05, 3.63) is 59.7 Å². The fourth-order valence-corrected chi connectivity index (χ4v) is 3.95. The largest absolute Gasteiger partial charge is 0.497 e. The van der Waals surface area contributed by atoms with E-state index in [0.29, 0.717) is 13.1 Å². The smallest absolute Gasteiger partial charge is 0.314 e. The number of hydrogen-bond acceptors (Lipinski definition) is 5. The minimum atomic E-state index is -0.123. The molecular weight excluding hydrogens is 402 g/mol. The second kappa shape index (κ2) is 11.7. The molecule has 0 radical (unpaired) electrons. The maximum absolute atomic E-state index is 12.5. The van der Waals surface area contributed by atoms with E-state index in [2.05, 4.69) is 56.6 Å². The van der Waals surface area contributed by atoms with Gasteiger partial charge in [-0.2, -0.15) is 0 Å². The lowest BCUT2D eigenvalue weighted by Crippen LogP contribution is -2.49. The van der Waals surface area contributed by atoms with Gasteiger partial charge in [-0.25, -0.2) is 4.79 Å². The molecule has 1 unspecified atom stereocenters. The molecule has 0 aromatic heterocycles. The number of urea groups is 1. The second-order valence-corrected chi connectivity index (χ2v) is 8.58. The molecule has 1 atom stereocenters. The van der Waals surface area contributed by atoms with Crippen LogP contribution in [0.5, 0.6) is 5.75 Å². The number of carbonyl (C=O) groups is 1. The van der Waals surface area contributed by atoms with Gasteiger partial charge in [0.2, 0.25) is 0 Å². The number of anilines is 1. The number of piperazine rings is 1. The zero-order valence-corrected chi connectivity index (χ0v) is 19.8. The van der Waals surface area contributed by atoms with Crippen LogP contribution in [0.2, 0.25) is 0 Å². The molecule has 7 nitrogen and oxygen atoms in total. The Kier molecular flexibility index (Phi) is 8.76. The van der Waals surface area contributed by atoms with Crippen molar-refractivity contribution in [2.24, 2.45) is 0 Å². The first-order chi connectivity index (χ1) is 15.5. The normalized spacial score (nSPS) is 15.8. The van der Waals surface area contributed by atoms with Gasteiger partial charge in [-0.1, -0.05) is 24.3 Å². The number of hydrogen-bond donors (Lipinski definition) is 2. The summed E-state index contributed by atoms with van der Waals surface area (Å²) in [4.78, 5) is 19.4. The summed E-state index contributed by atoms with van der Waals surface area (Å²) in [6, 6.07) is 16.6. The standard InChI is InChI=1S/C25H37N5O2/c1-28(2)22-9-7-21(8-10-22)24(30-17-15-29(3)16-18-30)19-27-25(31)26-14-13-20-5-11-23(32-4)12-6-20/h5-12,24H,13-19H2,1-4H3,(H2,26,27,31). The monoisotopic (exact) mass is 439 g/mol. The van der Waals surface area contributed by atoms with E-state index in [0.717, 1.165) is 38.3 Å². The Morgan fingerprint density at radius 2 is 1.66 bits per heavy atom. The Bertz CT molecular complexity index is 830. The van der Waals surface area contributed by atoms with Crippen LogP contribution < -0.4 is 20.3 Å². The SMILES string of the molecule is COc1ccc(CCNC(=O)NCC(c2ccc(N(C)C)cc2)N2CCN(C)CC2)cc1. The molecule has 2 N–H and O–H groups in total. The third kappa shape index (κ3) is 6.87. The number of benzene rings is 2. The number of nitrogens with one attached hydrogen (secondary N) is 2. The zero-order valence-electron chi connectivity index (χ0n) is 19.8. The van der Waals surface area contributed by atoms with Gasteiger partial charge in [-0.05, 0) is 48.9 Å². The molecule has 0 saturated carbocycles. The molecule has 1 heterocycles. The molecule has 0 spiro atoms. The molecule has 32 heavy (non-hydrogen) atoms. The van der Waals surface area contributed by atoms with Crippen LogP contribution in [-0.4, -0.2) is 83.4 Å². The van der Waals surface area contributed by atoms with Crippen molar-refractivity contribution in [2.45, 2.75) is 12.5 Å². The highest BCUT2D eigenvalue weighted by atomic mass is 16.5. The van der Waals surface area contributed by atoms with Gasteiger partial charge in [0.25, 0.3) is 0 Å². The number of ether oxygens (including phenoxy) is 1. The zero-order chi connectivity index (χ0) is 22.9. The first-order valence-corrected chi connectivity index (χ1v) is 11.3. The van der Waals surface area contributed by atoms with Gasteiger partial charge in [-0.3, -0.25) is 4.90 Å². The van der Waals surface area contributed by atoms with Gasteiger partial charge in [0.05, 0.1) is 13.2 Å². The summed E-state index contributed by atoms with van der Waals surface area (Å²) in [5.74, 6) is 0.841. The molecule has 2 aromatic carbocycles. The third-order valence-electron chi connectivity index (χ3n) is 6.09. The van der Waals surface area contributed by atoms with Crippen molar-refractivity contribution in [3.63, 3.8) is 0 Å². The van der Waals surface area contributed by atoms with Crippen LogP contribution in [0, 0.1) is 0 Å². The Morgan fingerprint density at radius 1 is 1.00 bits per heavy atom. The topological polar surface area (TPSA) is 60.1 Å². The Labute approximate surface area is 192 Å². The number of rotatable bonds is 9. The molecule has 1 saturated heterocycles. The van der Waals surface area contributed by atoms with Crippen molar-refractivity contribution in [1.29, 1.82) is 0 Å². The van der Waals surface area contributed by atoms with Crippen molar-refractivity contribution in [3.8, 4) is 5.75 Å². The van der Waals surface area contributed by atoms with Gasteiger partial charge < -0.3 is 25.2 Å². The fraction of sp³-hybridized carbons (Fsp3) is 0.480. The first-order valence-electron chi connectivity index (χ1n) is 11.3. The number of carbonyl (C=O) groups excluding carboxylic acids is 1. The highest BCUT2D eigenvalue weighted by Gasteiger charge is 2.24. The summed E-state index contributed by atoms with van der Waals surface area (Å²) in [7, 11) is 7.91. The van der Waals surface area contributed by atoms with E-state index >= 15 is 0 Å². The van der Waals surface area contributed by atoms with E-state index < -0.39 is 0 Å². The van der Waals surface area contributed by atoms with Gasteiger partial charge in [-0.15, -0.1) is 0 Å². The maximum atomic E-state index is 12.5.